The largest absolute Gasteiger partial charge is 0.444 e. The topological polar surface area (TPSA) is 67.6 Å². The smallest absolute Gasteiger partial charge is 0.410 e. The van der Waals surface area contributed by atoms with E-state index in [0.29, 0.717) is 19.1 Å². The Morgan fingerprint density at radius 2 is 1.95 bits per heavy atom. The zero-order valence-corrected chi connectivity index (χ0v) is 14.0. The molecule has 122 valence electrons. The van der Waals surface area contributed by atoms with Crippen LogP contribution in [0.25, 0.3) is 0 Å². The molecule has 1 amide bonds. The van der Waals surface area contributed by atoms with Crippen LogP contribution in [0.15, 0.2) is 18.2 Å². The molecule has 0 aromatic heterocycles. The number of nitrogens with zero attached hydrogens (tertiary/aromatic N) is 1. The number of nitrogens with two attached hydrogens (primary N) is 1. The lowest BCUT2D eigenvalue weighted by atomic mass is 10.0. The minimum absolute atomic E-state index is 0.221. The highest BCUT2D eigenvalue weighted by molar-refractivity contribution is 5.70. The molecule has 3 N–H and O–H groups in total. The lowest BCUT2D eigenvalue weighted by Gasteiger charge is -2.34. The Labute approximate surface area is 132 Å². The van der Waals surface area contributed by atoms with Crippen LogP contribution in [0.4, 0.5) is 16.2 Å². The fourth-order valence-corrected chi connectivity index (χ4v) is 2.56. The number of carbonyl (C=O) groups excluding carboxylic acids is 1. The van der Waals surface area contributed by atoms with Gasteiger partial charge in [-0.15, -0.1) is 0 Å². The number of rotatable bonds is 2. The molecule has 2 rings (SSSR count). The molecule has 1 heterocycles. The summed E-state index contributed by atoms with van der Waals surface area (Å²) < 4.78 is 5.41. The highest BCUT2D eigenvalue weighted by atomic mass is 16.6. The van der Waals surface area contributed by atoms with Gasteiger partial charge in [0.05, 0.1) is 11.4 Å². The predicted molar refractivity (Wildman–Crippen MR) is 90.0 cm³/mol. The summed E-state index contributed by atoms with van der Waals surface area (Å²) in [5.74, 6) is 0. The number of ether oxygens (including phenoxy) is 1. The second-order valence-electron chi connectivity index (χ2n) is 6.92. The minimum Gasteiger partial charge on any atom is -0.444 e. The monoisotopic (exact) mass is 305 g/mol. The molecule has 0 atom stereocenters. The van der Waals surface area contributed by atoms with Gasteiger partial charge < -0.3 is 20.7 Å². The van der Waals surface area contributed by atoms with E-state index in [1.165, 1.54) is 0 Å². The average Bonchev–Trinajstić information content (AvgIpc) is 2.43. The Bertz CT molecular complexity index is 529. The fraction of sp³-hybridized carbons (Fsp3) is 0.588. The first-order valence-corrected chi connectivity index (χ1v) is 7.86. The van der Waals surface area contributed by atoms with E-state index in [-0.39, 0.29) is 6.09 Å². The molecule has 1 aliphatic rings. The summed E-state index contributed by atoms with van der Waals surface area (Å²) in [4.78, 5) is 13.8. The van der Waals surface area contributed by atoms with Gasteiger partial charge in [-0.05, 0) is 52.2 Å². The highest BCUT2D eigenvalue weighted by Gasteiger charge is 2.26. The summed E-state index contributed by atoms with van der Waals surface area (Å²) in [5, 5.41) is 3.49. The number of hydrogen-bond donors (Lipinski definition) is 2. The third-order valence-electron chi connectivity index (χ3n) is 3.83. The van der Waals surface area contributed by atoms with E-state index in [1.807, 2.05) is 45.9 Å². The van der Waals surface area contributed by atoms with Crippen LogP contribution >= 0.6 is 0 Å². The lowest BCUT2D eigenvalue weighted by molar-refractivity contribution is 0.0210. The molecular formula is C17H27N3O2. The number of para-hydroxylation sites is 1. The van der Waals surface area contributed by atoms with Crippen molar-refractivity contribution in [3.63, 3.8) is 0 Å². The van der Waals surface area contributed by atoms with Crippen molar-refractivity contribution in [2.75, 3.05) is 24.1 Å². The van der Waals surface area contributed by atoms with E-state index < -0.39 is 5.60 Å². The quantitative estimate of drug-likeness (QED) is 0.822. The van der Waals surface area contributed by atoms with E-state index in [1.54, 1.807) is 4.90 Å². The van der Waals surface area contributed by atoms with Crippen molar-refractivity contribution < 1.29 is 9.53 Å². The van der Waals surface area contributed by atoms with Crippen LogP contribution in [0.5, 0.6) is 0 Å². The summed E-state index contributed by atoms with van der Waals surface area (Å²) in [6.07, 6.45) is 1.57. The maximum Gasteiger partial charge on any atom is 0.410 e. The first-order chi connectivity index (χ1) is 10.3. The Hall–Kier alpha value is -1.91. The first-order valence-electron chi connectivity index (χ1n) is 7.86. The lowest BCUT2D eigenvalue weighted by Crippen LogP contribution is -2.44. The van der Waals surface area contributed by atoms with Crippen molar-refractivity contribution in [1.82, 2.24) is 4.90 Å². The summed E-state index contributed by atoms with van der Waals surface area (Å²) in [5.41, 5.74) is 8.52. The van der Waals surface area contributed by atoms with E-state index in [0.717, 1.165) is 29.8 Å². The number of hydrogen-bond acceptors (Lipinski definition) is 4. The third kappa shape index (κ3) is 4.29. The van der Waals surface area contributed by atoms with Crippen molar-refractivity contribution in [2.24, 2.45) is 0 Å². The number of nitrogen functional groups attached to an aromatic ring is 1. The number of carbonyl (C=O) groups is 1. The summed E-state index contributed by atoms with van der Waals surface area (Å²) in [6.45, 7) is 9.08. The number of anilines is 2. The van der Waals surface area contributed by atoms with Crippen molar-refractivity contribution in [3.05, 3.63) is 23.8 Å². The van der Waals surface area contributed by atoms with Gasteiger partial charge in [0.25, 0.3) is 0 Å². The van der Waals surface area contributed by atoms with Gasteiger partial charge in [-0.25, -0.2) is 4.79 Å². The maximum absolute atomic E-state index is 12.0. The van der Waals surface area contributed by atoms with Crippen LogP contribution in [-0.2, 0) is 4.74 Å². The van der Waals surface area contributed by atoms with Gasteiger partial charge in [0, 0.05) is 19.1 Å². The number of nitrogens with one attached hydrogen (secondary N) is 1. The summed E-state index contributed by atoms with van der Waals surface area (Å²) in [7, 11) is 0. The Balaban J connectivity index is 1.87. The molecule has 5 heteroatoms. The van der Waals surface area contributed by atoms with Gasteiger partial charge in [0.1, 0.15) is 5.60 Å². The molecule has 0 aliphatic carbocycles. The Morgan fingerprint density at radius 3 is 2.55 bits per heavy atom. The molecule has 1 aromatic carbocycles. The number of piperidine rings is 1. The van der Waals surface area contributed by atoms with Crippen LogP contribution < -0.4 is 11.1 Å². The van der Waals surface area contributed by atoms with Gasteiger partial charge >= 0.3 is 6.09 Å². The standard InChI is InChI=1S/C17H27N3O2/c1-12-6-5-7-14(15(12)18)19-13-8-10-20(11-9-13)16(21)22-17(2,3)4/h5-7,13,19H,8-11,18H2,1-4H3. The molecule has 1 saturated heterocycles. The van der Waals surface area contributed by atoms with Gasteiger partial charge in [-0.1, -0.05) is 12.1 Å². The zero-order chi connectivity index (χ0) is 16.3. The molecule has 22 heavy (non-hydrogen) atoms. The Kier molecular flexibility index (Phi) is 4.84. The predicted octanol–water partition coefficient (Wildman–Crippen LogP) is 3.39. The number of amides is 1. The van der Waals surface area contributed by atoms with E-state index in [2.05, 4.69) is 5.32 Å². The van der Waals surface area contributed by atoms with E-state index >= 15 is 0 Å². The van der Waals surface area contributed by atoms with Crippen molar-refractivity contribution in [1.29, 1.82) is 0 Å². The molecule has 5 nitrogen and oxygen atoms in total. The van der Waals surface area contributed by atoms with Crippen molar-refractivity contribution >= 4 is 17.5 Å². The van der Waals surface area contributed by atoms with Gasteiger partial charge in [-0.2, -0.15) is 0 Å². The maximum atomic E-state index is 12.0. The van der Waals surface area contributed by atoms with Crippen molar-refractivity contribution in [2.45, 2.75) is 52.2 Å². The van der Waals surface area contributed by atoms with E-state index in [4.69, 9.17) is 10.5 Å². The molecule has 1 aliphatic heterocycles. The van der Waals surface area contributed by atoms with Crippen LogP contribution in [0.1, 0.15) is 39.2 Å². The van der Waals surface area contributed by atoms with Crippen LogP contribution in [0.2, 0.25) is 0 Å². The summed E-state index contributed by atoms with van der Waals surface area (Å²) >= 11 is 0. The normalized spacial score (nSPS) is 16.5. The molecule has 0 bridgehead atoms. The molecule has 0 unspecified atom stereocenters. The Morgan fingerprint density at radius 1 is 1.32 bits per heavy atom. The second kappa shape index (κ2) is 6.46. The molecule has 0 spiro atoms. The molecule has 0 saturated carbocycles. The number of aryl methyl sites for hydroxylation is 1. The molecule has 1 fully saturated rings. The first kappa shape index (κ1) is 16.5. The number of benzene rings is 1. The van der Waals surface area contributed by atoms with Gasteiger partial charge in [-0.3, -0.25) is 0 Å². The average molecular weight is 305 g/mol. The van der Waals surface area contributed by atoms with Crippen LogP contribution in [0.3, 0.4) is 0 Å². The van der Waals surface area contributed by atoms with Crippen molar-refractivity contribution in [3.8, 4) is 0 Å². The van der Waals surface area contributed by atoms with Gasteiger partial charge in [0.15, 0.2) is 0 Å². The summed E-state index contributed by atoms with van der Waals surface area (Å²) in [6, 6.07) is 6.35. The molecular weight excluding hydrogens is 278 g/mol. The zero-order valence-electron chi connectivity index (χ0n) is 14.0. The molecule has 0 radical (unpaired) electrons. The highest BCUT2D eigenvalue weighted by Crippen LogP contribution is 2.25. The molecule has 1 aromatic rings. The number of likely N-dealkylation sites (tertiary alicyclic amines) is 1. The second-order valence-corrected chi connectivity index (χ2v) is 6.92. The van der Waals surface area contributed by atoms with Crippen LogP contribution in [0, 0.1) is 6.92 Å². The fourth-order valence-electron chi connectivity index (χ4n) is 2.56. The minimum atomic E-state index is -0.442. The van der Waals surface area contributed by atoms with Gasteiger partial charge in [0.2, 0.25) is 0 Å². The van der Waals surface area contributed by atoms with Crippen LogP contribution in [-0.4, -0.2) is 35.7 Å². The SMILES string of the molecule is Cc1cccc(NC2CCN(C(=O)OC(C)(C)C)CC2)c1N. The third-order valence-corrected chi connectivity index (χ3v) is 3.83. The van der Waals surface area contributed by atoms with E-state index in [9.17, 15) is 4.79 Å².